The minimum Gasteiger partial charge on any atom is -0.459 e. The summed E-state index contributed by atoms with van der Waals surface area (Å²) in [6, 6.07) is 0. The highest BCUT2D eigenvalue weighted by molar-refractivity contribution is 5.75. The van der Waals surface area contributed by atoms with Gasteiger partial charge in [-0.2, -0.15) is 0 Å². The van der Waals surface area contributed by atoms with Gasteiger partial charge in [-0.15, -0.1) is 0 Å². The van der Waals surface area contributed by atoms with Crippen LogP contribution in [0.25, 0.3) is 0 Å². The monoisotopic (exact) mass is 236 g/mol. The Morgan fingerprint density at radius 3 is 2.41 bits per heavy atom. The maximum absolute atomic E-state index is 12.2. The Bertz CT molecular complexity index is 365. The summed E-state index contributed by atoms with van der Waals surface area (Å²) in [7, 11) is 0. The molecular weight excluding hydrogens is 212 g/mol. The molecule has 2 rings (SSSR count). The number of esters is 1. The van der Waals surface area contributed by atoms with Gasteiger partial charge in [0.25, 0.3) is 0 Å². The van der Waals surface area contributed by atoms with Crippen molar-refractivity contribution in [2.45, 2.75) is 59.5 Å². The van der Waals surface area contributed by atoms with Crippen molar-refractivity contribution in [1.29, 1.82) is 0 Å². The van der Waals surface area contributed by atoms with E-state index < -0.39 is 0 Å². The van der Waals surface area contributed by atoms with Gasteiger partial charge in [0.15, 0.2) is 0 Å². The van der Waals surface area contributed by atoms with E-state index in [9.17, 15) is 4.79 Å². The van der Waals surface area contributed by atoms with Crippen LogP contribution < -0.4 is 0 Å². The average molecular weight is 236 g/mol. The second-order valence-electron chi connectivity index (χ2n) is 6.28. The van der Waals surface area contributed by atoms with Gasteiger partial charge in [0.2, 0.25) is 0 Å². The summed E-state index contributed by atoms with van der Waals surface area (Å²) in [6.07, 6.45) is 3.05. The summed E-state index contributed by atoms with van der Waals surface area (Å²) in [5, 5.41) is 0. The zero-order valence-corrected chi connectivity index (χ0v) is 11.7. The van der Waals surface area contributed by atoms with E-state index in [1.54, 1.807) is 0 Å². The van der Waals surface area contributed by atoms with E-state index in [1.165, 1.54) is 17.6 Å². The fourth-order valence-electron chi connectivity index (χ4n) is 3.16. The molecule has 3 unspecified atom stereocenters. The van der Waals surface area contributed by atoms with Crippen molar-refractivity contribution in [3.05, 3.63) is 11.1 Å². The number of hydrogen-bond donors (Lipinski definition) is 0. The van der Waals surface area contributed by atoms with Crippen LogP contribution in [-0.4, -0.2) is 11.6 Å². The molecule has 0 radical (unpaired) electrons. The molecule has 0 saturated heterocycles. The molecule has 0 aromatic carbocycles. The van der Waals surface area contributed by atoms with Gasteiger partial charge in [0, 0.05) is 0 Å². The highest BCUT2D eigenvalue weighted by Crippen LogP contribution is 2.52. The van der Waals surface area contributed by atoms with Crippen molar-refractivity contribution >= 4 is 5.97 Å². The van der Waals surface area contributed by atoms with Gasteiger partial charge < -0.3 is 4.74 Å². The first kappa shape index (κ1) is 12.7. The van der Waals surface area contributed by atoms with Gasteiger partial charge >= 0.3 is 5.97 Å². The summed E-state index contributed by atoms with van der Waals surface area (Å²) in [5.41, 5.74) is 2.65. The first-order valence-corrected chi connectivity index (χ1v) is 6.76. The predicted molar refractivity (Wildman–Crippen MR) is 68.5 cm³/mol. The van der Waals surface area contributed by atoms with E-state index in [-0.39, 0.29) is 17.5 Å². The molecule has 2 nitrogen and oxygen atoms in total. The van der Waals surface area contributed by atoms with Crippen LogP contribution in [0.2, 0.25) is 0 Å². The molecule has 0 N–H and O–H groups in total. The third kappa shape index (κ3) is 2.14. The van der Waals surface area contributed by atoms with Gasteiger partial charge in [-0.25, -0.2) is 0 Å². The van der Waals surface area contributed by atoms with E-state index in [4.69, 9.17) is 4.74 Å². The zero-order valence-electron chi connectivity index (χ0n) is 11.7. The van der Waals surface area contributed by atoms with Crippen LogP contribution in [0.1, 0.15) is 53.9 Å². The number of carbonyl (C=O) groups excluding carboxylic acids is 1. The van der Waals surface area contributed by atoms with Gasteiger partial charge in [-0.05, 0) is 58.8 Å². The standard InChI is InChI=1S/C15H24O2/c1-6-15(4,5)17-14(16)13-8-11-7-12(13)10(3)9(11)2/h11-13H,6-8H2,1-5H3. The quantitative estimate of drug-likeness (QED) is 0.551. The van der Waals surface area contributed by atoms with E-state index in [0.717, 1.165) is 12.8 Å². The van der Waals surface area contributed by atoms with Crippen LogP contribution in [-0.2, 0) is 9.53 Å². The van der Waals surface area contributed by atoms with Crippen molar-refractivity contribution in [2.24, 2.45) is 17.8 Å². The molecule has 2 heteroatoms. The maximum atomic E-state index is 12.2. The average Bonchev–Trinajstić information content (AvgIpc) is 2.80. The lowest BCUT2D eigenvalue weighted by Gasteiger charge is -2.29. The van der Waals surface area contributed by atoms with E-state index in [0.29, 0.717) is 11.8 Å². The van der Waals surface area contributed by atoms with Crippen LogP contribution in [0, 0.1) is 17.8 Å². The summed E-state index contributed by atoms with van der Waals surface area (Å²) in [6.45, 7) is 10.4. The summed E-state index contributed by atoms with van der Waals surface area (Å²) < 4.78 is 5.65. The molecule has 1 saturated carbocycles. The lowest BCUT2D eigenvalue weighted by Crippen LogP contribution is -2.33. The Labute approximate surface area is 104 Å². The molecule has 0 amide bonds. The van der Waals surface area contributed by atoms with Crippen molar-refractivity contribution in [3.8, 4) is 0 Å². The number of hydrogen-bond acceptors (Lipinski definition) is 2. The van der Waals surface area contributed by atoms with E-state index in [1.807, 2.05) is 13.8 Å². The fraction of sp³-hybridized carbons (Fsp3) is 0.800. The van der Waals surface area contributed by atoms with Crippen LogP contribution in [0.3, 0.4) is 0 Å². The Hall–Kier alpha value is -0.790. The highest BCUT2D eigenvalue weighted by Gasteiger charge is 2.47. The number of ether oxygens (including phenoxy) is 1. The molecule has 3 atom stereocenters. The maximum Gasteiger partial charge on any atom is 0.310 e. The molecular formula is C15H24O2. The number of fused-ring (bicyclic) bond motifs is 2. The normalized spacial score (nSPS) is 32.2. The molecule has 17 heavy (non-hydrogen) atoms. The van der Waals surface area contributed by atoms with Crippen molar-refractivity contribution < 1.29 is 9.53 Å². The second-order valence-corrected chi connectivity index (χ2v) is 6.28. The molecule has 2 aliphatic carbocycles. The minimum absolute atomic E-state index is 0.0243. The molecule has 0 heterocycles. The SMILES string of the molecule is CCC(C)(C)OC(=O)C1CC2CC1C(C)=C2C. The molecule has 0 aliphatic heterocycles. The smallest absolute Gasteiger partial charge is 0.310 e. The molecule has 0 aromatic heterocycles. The Kier molecular flexibility index (Phi) is 3.09. The molecule has 0 aromatic rings. The van der Waals surface area contributed by atoms with Crippen molar-refractivity contribution in [3.63, 3.8) is 0 Å². The zero-order chi connectivity index (χ0) is 12.8. The fourth-order valence-corrected chi connectivity index (χ4v) is 3.16. The minimum atomic E-state index is -0.314. The molecule has 1 fully saturated rings. The Balaban J connectivity index is 2.05. The van der Waals surface area contributed by atoms with Crippen LogP contribution >= 0.6 is 0 Å². The summed E-state index contributed by atoms with van der Waals surface area (Å²) in [5.74, 6) is 1.24. The Morgan fingerprint density at radius 1 is 1.29 bits per heavy atom. The predicted octanol–water partition coefficient (Wildman–Crippen LogP) is 3.71. The second kappa shape index (κ2) is 4.15. The number of allylic oxidation sites excluding steroid dienone is 2. The lowest BCUT2D eigenvalue weighted by atomic mass is 9.85. The topological polar surface area (TPSA) is 26.3 Å². The first-order valence-electron chi connectivity index (χ1n) is 6.76. The van der Waals surface area contributed by atoms with Gasteiger partial charge in [-0.3, -0.25) is 4.79 Å². The van der Waals surface area contributed by atoms with Crippen LogP contribution in [0.4, 0.5) is 0 Å². The highest BCUT2D eigenvalue weighted by atomic mass is 16.6. The van der Waals surface area contributed by atoms with Crippen molar-refractivity contribution in [1.82, 2.24) is 0 Å². The third-order valence-electron chi connectivity index (χ3n) is 4.88. The number of carbonyl (C=O) groups is 1. The largest absolute Gasteiger partial charge is 0.459 e. The Morgan fingerprint density at radius 2 is 1.94 bits per heavy atom. The van der Waals surface area contributed by atoms with E-state index >= 15 is 0 Å². The first-order chi connectivity index (χ1) is 7.85. The molecule has 2 bridgehead atoms. The summed E-state index contributed by atoms with van der Waals surface area (Å²) >= 11 is 0. The van der Waals surface area contributed by atoms with Crippen LogP contribution in [0.15, 0.2) is 11.1 Å². The van der Waals surface area contributed by atoms with Crippen molar-refractivity contribution in [2.75, 3.05) is 0 Å². The van der Waals surface area contributed by atoms with Gasteiger partial charge in [-0.1, -0.05) is 18.1 Å². The molecule has 0 spiro atoms. The van der Waals surface area contributed by atoms with E-state index in [2.05, 4.69) is 20.8 Å². The van der Waals surface area contributed by atoms with Gasteiger partial charge in [0.1, 0.15) is 5.60 Å². The molecule has 2 aliphatic rings. The van der Waals surface area contributed by atoms with Crippen LogP contribution in [0.5, 0.6) is 0 Å². The molecule has 96 valence electrons. The van der Waals surface area contributed by atoms with Gasteiger partial charge in [0.05, 0.1) is 5.92 Å². The third-order valence-corrected chi connectivity index (χ3v) is 4.88. The summed E-state index contributed by atoms with van der Waals surface area (Å²) in [4.78, 5) is 12.2. The number of rotatable bonds is 3. The lowest BCUT2D eigenvalue weighted by molar-refractivity contribution is -0.162.